The summed E-state index contributed by atoms with van der Waals surface area (Å²) >= 11 is 0. The molecule has 0 spiro atoms. The summed E-state index contributed by atoms with van der Waals surface area (Å²) < 4.78 is 33.1. The van der Waals surface area contributed by atoms with Crippen LogP contribution in [0.15, 0.2) is 29.2 Å². The van der Waals surface area contributed by atoms with Crippen LogP contribution in [0.1, 0.15) is 0 Å². The van der Waals surface area contributed by atoms with Crippen molar-refractivity contribution in [1.82, 2.24) is 4.48 Å². The van der Waals surface area contributed by atoms with Crippen molar-refractivity contribution in [3.05, 3.63) is 24.3 Å². The highest BCUT2D eigenvalue weighted by atomic mass is 32.2. The third-order valence-corrected chi connectivity index (χ3v) is 2.74. The van der Waals surface area contributed by atoms with E-state index in [0.29, 0.717) is 10.2 Å². The van der Waals surface area contributed by atoms with Crippen molar-refractivity contribution in [3.63, 3.8) is 0 Å². The van der Waals surface area contributed by atoms with E-state index in [1.165, 1.54) is 6.07 Å². The predicted octanol–water partition coefficient (Wildman–Crippen LogP) is 1.00. The van der Waals surface area contributed by atoms with Gasteiger partial charge in [-0.25, -0.2) is 0 Å². The maximum Gasteiger partial charge on any atom is 0.330 e. The van der Waals surface area contributed by atoms with E-state index in [9.17, 15) is 13.0 Å². The minimum Gasteiger partial charge on any atom is -0.297 e. The number of nitrogens with zero attached hydrogens (tertiary/aromatic N) is 1. The largest absolute Gasteiger partial charge is 0.330 e. The molecule has 0 N–H and O–H groups in total. The molecule has 0 aliphatic carbocycles. The summed E-state index contributed by atoms with van der Waals surface area (Å²) in [5.74, 6) is 0. The van der Waals surface area contributed by atoms with Crippen molar-refractivity contribution >= 4 is 15.8 Å². The van der Waals surface area contributed by atoms with Crippen molar-refractivity contribution < 1.29 is 13.0 Å². The van der Waals surface area contributed by atoms with Crippen LogP contribution in [-0.2, 0) is 14.7 Å². The molecular formula is C9H13NO3S+. The molecule has 0 atom stereocenters. The van der Waals surface area contributed by atoms with E-state index in [4.69, 9.17) is 0 Å². The van der Waals surface area contributed by atoms with E-state index >= 15 is 0 Å². The Labute approximate surface area is 84.1 Å². The van der Waals surface area contributed by atoms with Crippen LogP contribution in [0.25, 0.3) is 0 Å². The fraction of sp³-hybridized carbons (Fsp3) is 0.333. The highest BCUT2D eigenvalue weighted by molar-refractivity contribution is 7.85. The lowest BCUT2D eigenvalue weighted by Gasteiger charge is -2.24. The Kier molecular flexibility index (Phi) is 2.67. The average molecular weight is 215 g/mol. The summed E-state index contributed by atoms with van der Waals surface area (Å²) in [5.41, 5.74) is 0.502. The number of para-hydroxylation sites is 1. The van der Waals surface area contributed by atoms with Crippen LogP contribution in [0.3, 0.4) is 0 Å². The van der Waals surface area contributed by atoms with Crippen LogP contribution >= 0.6 is 0 Å². The zero-order valence-corrected chi connectivity index (χ0v) is 9.21. The maximum atomic E-state index is 10.9. The van der Waals surface area contributed by atoms with Crippen LogP contribution in [0, 0.1) is 0 Å². The van der Waals surface area contributed by atoms with Gasteiger partial charge >= 0.3 is 10.1 Å². The zero-order valence-electron chi connectivity index (χ0n) is 8.39. The summed E-state index contributed by atoms with van der Waals surface area (Å²) in [7, 11) is 1.05. The number of hydrogen-bond donors (Lipinski definition) is 0. The summed E-state index contributed by atoms with van der Waals surface area (Å²) in [5, 5.41) is 0. The molecule has 1 aromatic rings. The second-order valence-electron chi connectivity index (χ2n) is 3.93. The van der Waals surface area contributed by atoms with Crippen LogP contribution in [0.5, 0.6) is 0 Å². The molecule has 14 heavy (non-hydrogen) atoms. The highest BCUT2D eigenvalue weighted by Gasteiger charge is 2.25. The van der Waals surface area contributed by atoms with Crippen LogP contribution < -0.4 is 4.48 Å². The molecule has 0 heterocycles. The van der Waals surface area contributed by atoms with E-state index in [1.54, 1.807) is 18.2 Å². The van der Waals surface area contributed by atoms with Gasteiger partial charge in [0, 0.05) is 6.07 Å². The van der Waals surface area contributed by atoms with Gasteiger partial charge < -0.3 is 0 Å². The average Bonchev–Trinajstić information content (AvgIpc) is 2.01. The molecule has 1 rings (SSSR count). The Morgan fingerprint density at radius 2 is 1.57 bits per heavy atom. The Morgan fingerprint density at radius 1 is 1.07 bits per heavy atom. The molecule has 0 amide bonds. The van der Waals surface area contributed by atoms with Gasteiger partial charge in [0.15, 0.2) is 10.6 Å². The van der Waals surface area contributed by atoms with Gasteiger partial charge in [0.05, 0.1) is 21.1 Å². The molecule has 0 unspecified atom stereocenters. The molecule has 0 bridgehead atoms. The molecule has 0 aliphatic rings. The van der Waals surface area contributed by atoms with Crippen molar-refractivity contribution in [2.24, 2.45) is 0 Å². The first kappa shape index (κ1) is 11.2. The number of quaternary nitrogens is 1. The molecule has 4 nitrogen and oxygen atoms in total. The van der Waals surface area contributed by atoms with Gasteiger partial charge in [-0.1, -0.05) is 16.7 Å². The van der Waals surface area contributed by atoms with Crippen molar-refractivity contribution in [2.45, 2.75) is 4.90 Å². The molecule has 5 heteroatoms. The lowest BCUT2D eigenvalue weighted by atomic mass is 10.3. The van der Waals surface area contributed by atoms with Crippen LogP contribution in [-0.4, -0.2) is 29.6 Å². The smallest absolute Gasteiger partial charge is 0.297 e. The van der Waals surface area contributed by atoms with E-state index in [0.717, 1.165) is 0 Å². The lowest BCUT2D eigenvalue weighted by Crippen LogP contribution is -2.36. The number of benzene rings is 1. The molecule has 0 aromatic heterocycles. The Morgan fingerprint density at radius 3 is 1.93 bits per heavy atom. The molecule has 0 aliphatic heterocycles. The fourth-order valence-electron chi connectivity index (χ4n) is 1.22. The minimum atomic E-state index is -4.38. The number of rotatable bonds is 2. The highest BCUT2D eigenvalue weighted by Crippen LogP contribution is 2.26. The second-order valence-corrected chi connectivity index (χ2v) is 5.28. The minimum absolute atomic E-state index is 0.146. The first-order valence-electron chi connectivity index (χ1n) is 4.10. The van der Waals surface area contributed by atoms with Crippen molar-refractivity contribution in [3.8, 4) is 0 Å². The SMILES string of the molecule is C[N+](C)(C)c1ccccc1S([O])(=O)=O. The zero-order chi connectivity index (χ0) is 11.0. The third kappa shape index (κ3) is 2.31. The maximum absolute atomic E-state index is 10.9. The molecule has 1 aromatic carbocycles. The standard InChI is InChI=1S/C9H13NO3S/c1-10(2,3)8-6-4-5-7-9(8)14(11,12)13/h4-7H,1-3H3/q+1. The van der Waals surface area contributed by atoms with Gasteiger partial charge in [0.25, 0.3) is 0 Å². The molecular weight excluding hydrogens is 202 g/mol. The Bertz CT molecular complexity index is 432. The third-order valence-electron chi connectivity index (χ3n) is 1.86. The summed E-state index contributed by atoms with van der Waals surface area (Å²) in [6, 6.07) is 6.24. The lowest BCUT2D eigenvalue weighted by molar-refractivity contribution is 0.408. The molecule has 0 saturated carbocycles. The topological polar surface area (TPSA) is 54.0 Å². The van der Waals surface area contributed by atoms with E-state index in [1.807, 2.05) is 21.1 Å². The molecule has 0 fully saturated rings. The van der Waals surface area contributed by atoms with Gasteiger partial charge in [-0.05, 0) is 6.07 Å². The van der Waals surface area contributed by atoms with E-state index in [-0.39, 0.29) is 4.90 Å². The fourth-order valence-corrected chi connectivity index (χ4v) is 2.07. The summed E-state index contributed by atoms with van der Waals surface area (Å²) in [4.78, 5) is -0.146. The second kappa shape index (κ2) is 3.34. The molecule has 77 valence electrons. The van der Waals surface area contributed by atoms with Gasteiger partial charge in [-0.2, -0.15) is 8.42 Å². The van der Waals surface area contributed by atoms with E-state index in [2.05, 4.69) is 0 Å². The summed E-state index contributed by atoms with van der Waals surface area (Å²) in [6.45, 7) is 0. The van der Waals surface area contributed by atoms with E-state index < -0.39 is 10.1 Å². The first-order chi connectivity index (χ1) is 6.23. The quantitative estimate of drug-likeness (QED) is 0.691. The molecule has 0 saturated heterocycles. The normalized spacial score (nSPS) is 12.9. The number of hydrogen-bond acceptors (Lipinski definition) is 2. The molecule has 1 radical (unpaired) electrons. The van der Waals surface area contributed by atoms with Crippen molar-refractivity contribution in [2.75, 3.05) is 21.1 Å². The van der Waals surface area contributed by atoms with Gasteiger partial charge in [-0.3, -0.25) is 4.48 Å². The van der Waals surface area contributed by atoms with Gasteiger partial charge in [0.2, 0.25) is 0 Å². The predicted molar refractivity (Wildman–Crippen MR) is 53.9 cm³/mol. The monoisotopic (exact) mass is 215 g/mol. The van der Waals surface area contributed by atoms with Crippen molar-refractivity contribution in [1.29, 1.82) is 0 Å². The van der Waals surface area contributed by atoms with Gasteiger partial charge in [-0.15, -0.1) is 0 Å². The van der Waals surface area contributed by atoms with Crippen LogP contribution in [0.4, 0.5) is 5.69 Å². The Hall–Kier alpha value is -0.910. The Balaban J connectivity index is 3.47. The summed E-state index contributed by atoms with van der Waals surface area (Å²) in [6.07, 6.45) is 0. The first-order valence-corrected chi connectivity index (χ1v) is 5.50. The van der Waals surface area contributed by atoms with Gasteiger partial charge in [0.1, 0.15) is 0 Å². The van der Waals surface area contributed by atoms with Crippen LogP contribution in [0.2, 0.25) is 0 Å².